The van der Waals surface area contributed by atoms with E-state index in [0.717, 1.165) is 49.2 Å². The second-order valence-electron chi connectivity index (χ2n) is 7.00. The summed E-state index contributed by atoms with van der Waals surface area (Å²) in [5.74, 6) is 2.23. The fourth-order valence-electron chi connectivity index (χ4n) is 2.69. The van der Waals surface area contributed by atoms with E-state index in [1.807, 2.05) is 42.5 Å². The van der Waals surface area contributed by atoms with Crippen LogP contribution in [-0.2, 0) is 17.9 Å². The number of aromatic nitrogens is 1. The predicted octanol–water partition coefficient (Wildman–Crippen LogP) is 3.14. The van der Waals surface area contributed by atoms with Gasteiger partial charge in [0.1, 0.15) is 6.61 Å². The number of rotatable bonds is 11. The van der Waals surface area contributed by atoms with Crippen LogP contribution in [0.1, 0.15) is 30.4 Å². The average molecular weight is 383 g/mol. The van der Waals surface area contributed by atoms with Crippen molar-refractivity contribution in [3.8, 4) is 5.88 Å². The Morgan fingerprint density at radius 2 is 2.00 bits per heavy atom. The molecular weight excluding hydrogens is 352 g/mol. The molecule has 6 nitrogen and oxygen atoms in total. The molecule has 1 aromatic carbocycles. The molecule has 1 aliphatic carbocycles. The van der Waals surface area contributed by atoms with Gasteiger partial charge in [0, 0.05) is 45.6 Å². The molecule has 0 amide bonds. The van der Waals surface area contributed by atoms with E-state index in [9.17, 15) is 0 Å². The summed E-state index contributed by atoms with van der Waals surface area (Å²) in [6.45, 7) is 3.72. The summed E-state index contributed by atoms with van der Waals surface area (Å²) < 4.78 is 11.4. The number of aliphatic imine (C=N–C) groups is 1. The number of hydrogen-bond acceptors (Lipinski definition) is 4. The third kappa shape index (κ3) is 7.56. The number of benzene rings is 1. The van der Waals surface area contributed by atoms with Crippen LogP contribution in [0.25, 0.3) is 0 Å². The van der Waals surface area contributed by atoms with Gasteiger partial charge in [-0.15, -0.1) is 0 Å². The van der Waals surface area contributed by atoms with Gasteiger partial charge in [0.05, 0.1) is 0 Å². The van der Waals surface area contributed by atoms with E-state index < -0.39 is 0 Å². The SMILES string of the molecule is CN=C(NCCCOCC1CC1)NCc1ccnc(OCc2ccccc2)c1. The minimum absolute atomic E-state index is 0.511. The Kier molecular flexibility index (Phi) is 8.12. The van der Waals surface area contributed by atoms with Gasteiger partial charge in [0.15, 0.2) is 5.96 Å². The summed E-state index contributed by atoms with van der Waals surface area (Å²) >= 11 is 0. The van der Waals surface area contributed by atoms with Crippen molar-refractivity contribution >= 4 is 5.96 Å². The van der Waals surface area contributed by atoms with Crippen molar-refractivity contribution in [3.63, 3.8) is 0 Å². The highest BCUT2D eigenvalue weighted by atomic mass is 16.5. The van der Waals surface area contributed by atoms with Crippen LogP contribution < -0.4 is 15.4 Å². The van der Waals surface area contributed by atoms with Gasteiger partial charge in [0.2, 0.25) is 5.88 Å². The lowest BCUT2D eigenvalue weighted by molar-refractivity contribution is 0.123. The molecule has 1 saturated carbocycles. The summed E-state index contributed by atoms with van der Waals surface area (Å²) in [6, 6.07) is 14.0. The smallest absolute Gasteiger partial charge is 0.213 e. The minimum Gasteiger partial charge on any atom is -0.473 e. The van der Waals surface area contributed by atoms with Crippen LogP contribution >= 0.6 is 0 Å². The molecule has 1 aliphatic rings. The van der Waals surface area contributed by atoms with E-state index in [4.69, 9.17) is 9.47 Å². The van der Waals surface area contributed by atoms with Gasteiger partial charge >= 0.3 is 0 Å². The number of hydrogen-bond donors (Lipinski definition) is 2. The van der Waals surface area contributed by atoms with E-state index >= 15 is 0 Å². The average Bonchev–Trinajstić information content (AvgIpc) is 3.57. The molecule has 28 heavy (non-hydrogen) atoms. The first-order valence-corrected chi connectivity index (χ1v) is 9.97. The van der Waals surface area contributed by atoms with Crippen LogP contribution in [-0.4, -0.2) is 37.7 Å². The maximum absolute atomic E-state index is 5.79. The van der Waals surface area contributed by atoms with Crippen LogP contribution in [0.2, 0.25) is 0 Å². The number of nitrogens with zero attached hydrogens (tertiary/aromatic N) is 2. The van der Waals surface area contributed by atoms with Gasteiger partial charge in [0.25, 0.3) is 0 Å². The lowest BCUT2D eigenvalue weighted by Crippen LogP contribution is -2.37. The zero-order chi connectivity index (χ0) is 19.4. The fraction of sp³-hybridized carbons (Fsp3) is 0.455. The third-order valence-corrected chi connectivity index (χ3v) is 4.52. The van der Waals surface area contributed by atoms with Crippen molar-refractivity contribution in [2.75, 3.05) is 26.8 Å². The second kappa shape index (κ2) is 11.3. The highest BCUT2D eigenvalue weighted by molar-refractivity contribution is 5.79. The Labute approximate surface area is 167 Å². The Morgan fingerprint density at radius 1 is 1.14 bits per heavy atom. The van der Waals surface area contributed by atoms with Crippen LogP contribution in [0, 0.1) is 5.92 Å². The Balaban J connectivity index is 1.35. The molecule has 0 saturated heterocycles. The zero-order valence-electron chi connectivity index (χ0n) is 16.6. The molecule has 0 atom stereocenters. The summed E-state index contributed by atoms with van der Waals surface area (Å²) in [6.07, 6.45) is 5.41. The quantitative estimate of drug-likeness (QED) is 0.355. The van der Waals surface area contributed by atoms with E-state index in [-0.39, 0.29) is 0 Å². The van der Waals surface area contributed by atoms with Crippen molar-refractivity contribution in [1.82, 2.24) is 15.6 Å². The minimum atomic E-state index is 0.511. The zero-order valence-corrected chi connectivity index (χ0v) is 16.6. The highest BCUT2D eigenvalue weighted by Crippen LogP contribution is 2.28. The van der Waals surface area contributed by atoms with Gasteiger partial charge in [-0.1, -0.05) is 30.3 Å². The van der Waals surface area contributed by atoms with Crippen LogP contribution in [0.4, 0.5) is 0 Å². The largest absolute Gasteiger partial charge is 0.473 e. The number of pyridine rings is 1. The summed E-state index contributed by atoms with van der Waals surface area (Å²) in [5, 5.41) is 6.64. The molecule has 1 aromatic heterocycles. The third-order valence-electron chi connectivity index (χ3n) is 4.52. The topological polar surface area (TPSA) is 67.8 Å². The second-order valence-corrected chi connectivity index (χ2v) is 7.00. The maximum atomic E-state index is 5.79. The van der Waals surface area contributed by atoms with E-state index in [2.05, 4.69) is 20.6 Å². The molecule has 0 aliphatic heterocycles. The normalized spacial score (nSPS) is 14.0. The van der Waals surface area contributed by atoms with Crippen LogP contribution in [0.15, 0.2) is 53.7 Å². The molecule has 2 aromatic rings. The molecule has 1 heterocycles. The number of ether oxygens (including phenoxy) is 2. The van der Waals surface area contributed by atoms with Crippen molar-refractivity contribution in [2.45, 2.75) is 32.4 Å². The van der Waals surface area contributed by atoms with E-state index in [1.54, 1.807) is 13.2 Å². The van der Waals surface area contributed by atoms with Crippen molar-refractivity contribution in [2.24, 2.45) is 10.9 Å². The van der Waals surface area contributed by atoms with Crippen LogP contribution in [0.5, 0.6) is 5.88 Å². The van der Waals surface area contributed by atoms with E-state index in [1.165, 1.54) is 12.8 Å². The molecule has 150 valence electrons. The van der Waals surface area contributed by atoms with Crippen molar-refractivity contribution in [3.05, 3.63) is 59.8 Å². The summed E-state index contributed by atoms with van der Waals surface area (Å²) in [5.41, 5.74) is 2.22. The molecular formula is C22H30N4O2. The van der Waals surface area contributed by atoms with Crippen molar-refractivity contribution < 1.29 is 9.47 Å². The van der Waals surface area contributed by atoms with Gasteiger partial charge in [-0.3, -0.25) is 4.99 Å². The summed E-state index contributed by atoms with van der Waals surface area (Å²) in [4.78, 5) is 8.55. The molecule has 0 unspecified atom stereocenters. The Hall–Kier alpha value is -2.60. The Morgan fingerprint density at radius 3 is 2.79 bits per heavy atom. The Bertz CT molecular complexity index is 732. The predicted molar refractivity (Wildman–Crippen MR) is 111 cm³/mol. The first-order chi connectivity index (χ1) is 13.8. The van der Waals surface area contributed by atoms with Gasteiger partial charge in [-0.05, 0) is 42.4 Å². The first kappa shape index (κ1) is 20.1. The molecule has 2 N–H and O–H groups in total. The van der Waals surface area contributed by atoms with Gasteiger partial charge in [-0.25, -0.2) is 4.98 Å². The summed E-state index contributed by atoms with van der Waals surface area (Å²) in [7, 11) is 1.78. The van der Waals surface area contributed by atoms with E-state index in [0.29, 0.717) is 19.0 Å². The maximum Gasteiger partial charge on any atom is 0.213 e. The number of guanidine groups is 1. The van der Waals surface area contributed by atoms with Crippen molar-refractivity contribution in [1.29, 1.82) is 0 Å². The molecule has 0 spiro atoms. The lowest BCUT2D eigenvalue weighted by Gasteiger charge is -2.12. The molecule has 6 heteroatoms. The van der Waals surface area contributed by atoms with Crippen LogP contribution in [0.3, 0.4) is 0 Å². The van der Waals surface area contributed by atoms with Gasteiger partial charge in [-0.2, -0.15) is 0 Å². The molecule has 3 rings (SSSR count). The number of nitrogens with one attached hydrogen (secondary N) is 2. The van der Waals surface area contributed by atoms with Gasteiger partial charge < -0.3 is 20.1 Å². The highest BCUT2D eigenvalue weighted by Gasteiger charge is 2.20. The standard InChI is InChI=1S/C22H30N4O2/c1-23-22(25-11-5-13-27-16-19-8-9-19)26-15-20-10-12-24-21(14-20)28-17-18-6-3-2-4-7-18/h2-4,6-7,10,12,14,19H,5,8-9,11,13,15-17H2,1H3,(H2,23,25,26). The first-order valence-electron chi connectivity index (χ1n) is 9.97. The molecule has 0 bridgehead atoms. The molecule has 1 fully saturated rings. The fourth-order valence-corrected chi connectivity index (χ4v) is 2.69. The monoisotopic (exact) mass is 382 g/mol. The lowest BCUT2D eigenvalue weighted by atomic mass is 10.2. The molecule has 0 radical (unpaired) electrons.